The van der Waals surface area contributed by atoms with Crippen LogP contribution in [0.25, 0.3) is 10.4 Å². The van der Waals surface area contributed by atoms with Crippen molar-refractivity contribution in [3.63, 3.8) is 0 Å². The van der Waals surface area contributed by atoms with E-state index in [-0.39, 0.29) is 17.7 Å². The first kappa shape index (κ1) is 13.7. The predicted octanol–water partition coefficient (Wildman–Crippen LogP) is 1.95. The summed E-state index contributed by atoms with van der Waals surface area (Å²) in [5, 5.41) is 13.1. The van der Waals surface area contributed by atoms with Crippen LogP contribution in [0.4, 0.5) is 0 Å². The number of hydrogen-bond acceptors (Lipinski definition) is 5. The van der Waals surface area contributed by atoms with E-state index in [4.69, 9.17) is 0 Å². The maximum absolute atomic E-state index is 12.4. The summed E-state index contributed by atoms with van der Waals surface area (Å²) in [6.07, 6.45) is 2.87. The van der Waals surface area contributed by atoms with Crippen LogP contribution in [0.2, 0.25) is 0 Å². The van der Waals surface area contributed by atoms with Crippen molar-refractivity contribution >= 4 is 17.2 Å². The molecule has 2 fully saturated rings. The van der Waals surface area contributed by atoms with E-state index in [0.717, 1.165) is 30.1 Å². The van der Waals surface area contributed by atoms with Crippen molar-refractivity contribution < 1.29 is 9.90 Å². The Morgan fingerprint density at radius 3 is 3.05 bits per heavy atom. The van der Waals surface area contributed by atoms with Crippen LogP contribution in [-0.2, 0) is 0 Å². The van der Waals surface area contributed by atoms with Gasteiger partial charge in [-0.1, -0.05) is 12.1 Å². The first-order valence-electron chi connectivity index (χ1n) is 7.47. The van der Waals surface area contributed by atoms with Crippen molar-refractivity contribution in [2.24, 2.45) is 5.92 Å². The van der Waals surface area contributed by atoms with Gasteiger partial charge >= 0.3 is 0 Å². The van der Waals surface area contributed by atoms with Gasteiger partial charge in [-0.15, -0.1) is 11.3 Å². The molecule has 4 rings (SSSR count). The zero-order chi connectivity index (χ0) is 15.1. The molecule has 0 aliphatic carbocycles. The van der Waals surface area contributed by atoms with Crippen LogP contribution in [0.15, 0.2) is 30.5 Å². The van der Waals surface area contributed by atoms with Crippen LogP contribution in [0, 0.1) is 5.92 Å². The molecule has 1 aromatic carbocycles. The van der Waals surface area contributed by atoms with E-state index in [1.165, 1.54) is 17.8 Å². The molecule has 2 unspecified atom stereocenters. The van der Waals surface area contributed by atoms with Crippen molar-refractivity contribution in [2.75, 3.05) is 19.6 Å². The molecule has 2 aliphatic rings. The molecule has 0 radical (unpaired) electrons. The molecule has 5 nitrogen and oxygen atoms in total. The van der Waals surface area contributed by atoms with Crippen molar-refractivity contribution in [1.82, 2.24) is 15.2 Å². The molecule has 3 atom stereocenters. The molecule has 2 N–H and O–H groups in total. The van der Waals surface area contributed by atoms with Gasteiger partial charge in [-0.3, -0.25) is 4.79 Å². The molecule has 0 spiro atoms. The van der Waals surface area contributed by atoms with Crippen LogP contribution in [0.1, 0.15) is 16.2 Å². The number of phenols is 1. The molecule has 2 bridgehead atoms. The average molecular weight is 315 g/mol. The number of nitrogens with one attached hydrogen (secondary N) is 1. The lowest BCUT2D eigenvalue weighted by Gasteiger charge is -2.22. The van der Waals surface area contributed by atoms with Crippen LogP contribution >= 0.6 is 11.3 Å². The van der Waals surface area contributed by atoms with E-state index in [1.807, 2.05) is 6.07 Å². The van der Waals surface area contributed by atoms with Gasteiger partial charge in [-0.25, -0.2) is 4.98 Å². The summed E-state index contributed by atoms with van der Waals surface area (Å²) in [6, 6.07) is 7.25. The van der Waals surface area contributed by atoms with Gasteiger partial charge in [0.25, 0.3) is 5.91 Å². The van der Waals surface area contributed by atoms with E-state index in [0.29, 0.717) is 10.9 Å². The number of thiazole rings is 1. The number of aromatic nitrogens is 1. The molecule has 3 heterocycles. The largest absolute Gasteiger partial charge is 0.508 e. The highest BCUT2D eigenvalue weighted by Crippen LogP contribution is 2.30. The number of carbonyl (C=O) groups excluding carboxylic acids is 1. The van der Waals surface area contributed by atoms with Gasteiger partial charge in [0.1, 0.15) is 5.75 Å². The smallest absolute Gasteiger partial charge is 0.280 e. The number of hydrogen-bond donors (Lipinski definition) is 2. The van der Waals surface area contributed by atoms with Gasteiger partial charge in [-0.2, -0.15) is 0 Å². The lowest BCUT2D eigenvalue weighted by Crippen LogP contribution is -2.43. The Morgan fingerprint density at radius 2 is 2.32 bits per heavy atom. The van der Waals surface area contributed by atoms with Gasteiger partial charge in [0, 0.05) is 25.3 Å². The van der Waals surface area contributed by atoms with Crippen molar-refractivity contribution in [3.05, 3.63) is 35.5 Å². The monoisotopic (exact) mass is 315 g/mol. The first-order valence-corrected chi connectivity index (χ1v) is 8.29. The van der Waals surface area contributed by atoms with E-state index in [2.05, 4.69) is 15.2 Å². The van der Waals surface area contributed by atoms with Crippen molar-refractivity contribution in [1.29, 1.82) is 0 Å². The van der Waals surface area contributed by atoms with Gasteiger partial charge in [0.15, 0.2) is 5.01 Å². The minimum Gasteiger partial charge on any atom is -0.508 e. The zero-order valence-electron chi connectivity index (χ0n) is 12.0. The molecular weight excluding hydrogens is 298 g/mol. The molecular formula is C16H17N3O2S. The van der Waals surface area contributed by atoms with E-state index in [9.17, 15) is 9.90 Å². The summed E-state index contributed by atoms with van der Waals surface area (Å²) in [4.78, 5) is 19.9. The second-order valence-electron chi connectivity index (χ2n) is 5.97. The normalized spacial score (nSPS) is 26.3. The van der Waals surface area contributed by atoms with Crippen LogP contribution in [0.3, 0.4) is 0 Å². The maximum atomic E-state index is 12.4. The highest BCUT2D eigenvalue weighted by atomic mass is 32.1. The van der Waals surface area contributed by atoms with E-state index in [1.54, 1.807) is 24.4 Å². The number of phenolic OH excluding ortho intramolecular Hbond substituents is 1. The van der Waals surface area contributed by atoms with Crippen molar-refractivity contribution in [2.45, 2.75) is 12.5 Å². The summed E-state index contributed by atoms with van der Waals surface area (Å²) in [5.74, 6) is 0.720. The molecule has 2 saturated heterocycles. The Bertz CT molecular complexity index is 715. The molecule has 6 heteroatoms. The van der Waals surface area contributed by atoms with Crippen LogP contribution in [-0.4, -0.2) is 46.6 Å². The number of fused-ring (bicyclic) bond motifs is 2. The third-order valence-corrected chi connectivity index (χ3v) is 5.53. The first-order chi connectivity index (χ1) is 10.7. The highest BCUT2D eigenvalue weighted by molar-refractivity contribution is 7.17. The summed E-state index contributed by atoms with van der Waals surface area (Å²) < 4.78 is 0. The molecule has 2 aromatic rings. The Morgan fingerprint density at radius 1 is 1.41 bits per heavy atom. The molecule has 0 saturated carbocycles. The number of amides is 1. The second kappa shape index (κ2) is 5.37. The third kappa shape index (κ3) is 2.48. The fourth-order valence-corrected chi connectivity index (χ4v) is 4.17. The number of carbonyl (C=O) groups is 1. The fraction of sp³-hybridized carbons (Fsp3) is 0.375. The average Bonchev–Trinajstić information content (AvgIpc) is 3.23. The fourth-order valence-electron chi connectivity index (χ4n) is 3.35. The summed E-state index contributed by atoms with van der Waals surface area (Å²) in [7, 11) is 0. The van der Waals surface area contributed by atoms with Crippen molar-refractivity contribution in [3.8, 4) is 16.2 Å². The lowest BCUT2D eigenvalue weighted by atomic mass is 10.0. The van der Waals surface area contributed by atoms with Gasteiger partial charge in [0.2, 0.25) is 0 Å². The second-order valence-corrected chi connectivity index (χ2v) is 7.00. The predicted molar refractivity (Wildman–Crippen MR) is 85.0 cm³/mol. The van der Waals surface area contributed by atoms with Crippen LogP contribution in [0.5, 0.6) is 5.75 Å². The van der Waals surface area contributed by atoms with E-state index >= 15 is 0 Å². The molecule has 22 heavy (non-hydrogen) atoms. The summed E-state index contributed by atoms with van der Waals surface area (Å²) in [6.45, 7) is 3.23. The Kier molecular flexibility index (Phi) is 3.35. The third-order valence-electron chi connectivity index (χ3n) is 4.48. The highest BCUT2D eigenvalue weighted by Gasteiger charge is 2.38. The zero-order valence-corrected chi connectivity index (χ0v) is 12.8. The molecule has 114 valence electrons. The summed E-state index contributed by atoms with van der Waals surface area (Å²) in [5.41, 5.74) is 0.877. The minimum absolute atomic E-state index is 0.0878. The minimum atomic E-state index is -0.0878. The Balaban J connectivity index is 1.48. The molecule has 2 aliphatic heterocycles. The van der Waals surface area contributed by atoms with Gasteiger partial charge in [-0.05, 0) is 36.6 Å². The standard InChI is InChI=1S/C16H17N3O2S/c20-12-3-1-2-10(6-12)14-7-17-16(22-14)15(21)18-13-9-19-5-4-11(13)8-19/h1-3,6-7,11,13,20H,4-5,8-9H2,(H,18,21)/t11-,13?/m0/s1. The number of benzene rings is 1. The number of rotatable bonds is 3. The summed E-state index contributed by atoms with van der Waals surface area (Å²) >= 11 is 1.36. The van der Waals surface area contributed by atoms with Gasteiger partial charge in [0.05, 0.1) is 4.88 Å². The number of aromatic hydroxyl groups is 1. The SMILES string of the molecule is O=C(NC1CN2CC[C@H]1C2)c1ncc(-c2cccc(O)c2)s1. The lowest BCUT2D eigenvalue weighted by molar-refractivity contribution is 0.0924. The Hall–Kier alpha value is -1.92. The van der Waals surface area contributed by atoms with Crippen LogP contribution < -0.4 is 5.32 Å². The molecule has 1 amide bonds. The molecule has 1 aromatic heterocycles. The van der Waals surface area contributed by atoms with Gasteiger partial charge < -0.3 is 15.3 Å². The topological polar surface area (TPSA) is 65.5 Å². The maximum Gasteiger partial charge on any atom is 0.280 e. The number of nitrogens with zero attached hydrogens (tertiary/aromatic N) is 2. The quantitative estimate of drug-likeness (QED) is 0.908. The Labute approximate surface area is 132 Å². The number of piperidine rings is 1. The van der Waals surface area contributed by atoms with E-state index < -0.39 is 0 Å².